The van der Waals surface area contributed by atoms with Crippen LogP contribution in [0.4, 0.5) is 0 Å². The molecule has 1 rings (SSSR count). The Bertz CT molecular complexity index is 240. The molecule has 0 aliphatic carbocycles. The highest BCUT2D eigenvalue weighted by molar-refractivity contribution is 14.1. The summed E-state index contributed by atoms with van der Waals surface area (Å²) < 4.78 is 4.93. The molecular weight excluding hydrogens is 285 g/mol. The summed E-state index contributed by atoms with van der Waals surface area (Å²) in [6.07, 6.45) is 3.15. The second kappa shape index (κ2) is 5.33. The van der Waals surface area contributed by atoms with Crippen LogP contribution in [0.25, 0.3) is 0 Å². The van der Waals surface area contributed by atoms with Crippen LogP contribution in [-0.4, -0.2) is 40.9 Å². The second-order valence-electron chi connectivity index (χ2n) is 2.60. The number of carbonyl (C=O) groups excluding carboxylic acids is 2. The lowest BCUT2D eigenvalue weighted by Crippen LogP contribution is -2.41. The van der Waals surface area contributed by atoms with Gasteiger partial charge in [0, 0.05) is 35.7 Å². The number of nitrogens with zero attached hydrogens (tertiary/aromatic N) is 1. The molecule has 0 radical (unpaired) electrons. The third kappa shape index (κ3) is 3.86. The average Bonchev–Trinajstić information content (AvgIpc) is 2.08. The summed E-state index contributed by atoms with van der Waals surface area (Å²) in [7, 11) is 0. The zero-order valence-electron chi connectivity index (χ0n) is 7.03. The number of ether oxygens (including phenoxy) is 1. The van der Waals surface area contributed by atoms with Gasteiger partial charge in [0.1, 0.15) is 6.61 Å². The van der Waals surface area contributed by atoms with Gasteiger partial charge in [0.2, 0.25) is 9.70 Å². The fourth-order valence-corrected chi connectivity index (χ4v) is 1.27. The molecule has 0 aromatic heterocycles. The highest BCUT2D eigenvalue weighted by Crippen LogP contribution is 1.99. The molecule has 1 fully saturated rings. The number of carbonyl (C=O) groups is 2. The molecule has 1 amide bonds. The van der Waals surface area contributed by atoms with E-state index in [2.05, 4.69) is 0 Å². The van der Waals surface area contributed by atoms with E-state index in [0.29, 0.717) is 19.7 Å². The van der Waals surface area contributed by atoms with Crippen LogP contribution >= 0.6 is 22.6 Å². The molecule has 72 valence electrons. The van der Waals surface area contributed by atoms with Gasteiger partial charge in [-0.2, -0.15) is 0 Å². The highest BCUT2D eigenvalue weighted by atomic mass is 127. The molecule has 0 atom stereocenters. The van der Waals surface area contributed by atoms with E-state index in [-0.39, 0.29) is 16.3 Å². The minimum atomic E-state index is -0.0293. The van der Waals surface area contributed by atoms with Crippen LogP contribution in [0.2, 0.25) is 0 Å². The standard InChI is InChI=1S/C8H10INO3/c9-7(11)2-1-3-10-4-5-13-6-8(10)12/h1-2H,3-6H2/b2-1+. The average molecular weight is 295 g/mol. The Hall–Kier alpha value is -0.430. The van der Waals surface area contributed by atoms with Gasteiger partial charge in [0.25, 0.3) is 0 Å². The van der Waals surface area contributed by atoms with E-state index in [1.807, 2.05) is 0 Å². The Morgan fingerprint density at radius 2 is 2.46 bits per heavy atom. The first kappa shape index (κ1) is 10.6. The smallest absolute Gasteiger partial charge is 0.248 e. The Morgan fingerprint density at radius 3 is 3.08 bits per heavy atom. The molecule has 0 aromatic rings. The van der Waals surface area contributed by atoms with Crippen molar-refractivity contribution in [1.82, 2.24) is 4.90 Å². The van der Waals surface area contributed by atoms with Crippen molar-refractivity contribution in [2.75, 3.05) is 26.3 Å². The first-order valence-electron chi connectivity index (χ1n) is 3.91. The molecule has 0 N–H and O–H groups in total. The molecule has 0 spiro atoms. The predicted molar refractivity (Wildman–Crippen MR) is 55.6 cm³/mol. The fraction of sp³-hybridized carbons (Fsp3) is 0.500. The largest absolute Gasteiger partial charge is 0.370 e. The molecule has 0 saturated carbocycles. The van der Waals surface area contributed by atoms with Crippen LogP contribution in [0.15, 0.2) is 12.2 Å². The van der Waals surface area contributed by atoms with Crippen molar-refractivity contribution in [2.45, 2.75) is 0 Å². The Balaban J connectivity index is 2.34. The summed E-state index contributed by atoms with van der Waals surface area (Å²) in [4.78, 5) is 23.4. The van der Waals surface area contributed by atoms with Crippen LogP contribution < -0.4 is 0 Å². The molecule has 1 aliphatic rings. The maximum Gasteiger partial charge on any atom is 0.248 e. The second-order valence-corrected chi connectivity index (χ2v) is 3.66. The van der Waals surface area contributed by atoms with Crippen molar-refractivity contribution in [3.05, 3.63) is 12.2 Å². The lowest BCUT2D eigenvalue weighted by atomic mass is 10.4. The number of morpholine rings is 1. The first-order valence-corrected chi connectivity index (χ1v) is 4.99. The van der Waals surface area contributed by atoms with E-state index in [1.54, 1.807) is 33.6 Å². The fourth-order valence-electron chi connectivity index (χ4n) is 1.02. The van der Waals surface area contributed by atoms with Crippen molar-refractivity contribution in [1.29, 1.82) is 0 Å². The molecule has 0 aromatic carbocycles. The maximum atomic E-state index is 11.2. The van der Waals surface area contributed by atoms with E-state index < -0.39 is 0 Å². The topological polar surface area (TPSA) is 46.6 Å². The number of rotatable bonds is 3. The highest BCUT2D eigenvalue weighted by Gasteiger charge is 2.16. The Morgan fingerprint density at radius 1 is 1.69 bits per heavy atom. The van der Waals surface area contributed by atoms with Gasteiger partial charge in [-0.15, -0.1) is 0 Å². The van der Waals surface area contributed by atoms with Crippen LogP contribution in [0.1, 0.15) is 0 Å². The van der Waals surface area contributed by atoms with E-state index >= 15 is 0 Å². The molecule has 1 aliphatic heterocycles. The molecule has 1 heterocycles. The lowest BCUT2D eigenvalue weighted by Gasteiger charge is -2.25. The van der Waals surface area contributed by atoms with E-state index in [1.165, 1.54) is 6.08 Å². The summed E-state index contributed by atoms with van der Waals surface area (Å²) in [6, 6.07) is 0. The third-order valence-electron chi connectivity index (χ3n) is 1.66. The van der Waals surface area contributed by atoms with Gasteiger partial charge in [0.05, 0.1) is 6.61 Å². The normalized spacial score (nSPS) is 18.2. The van der Waals surface area contributed by atoms with Gasteiger partial charge in [-0.05, 0) is 6.08 Å². The summed E-state index contributed by atoms with van der Waals surface area (Å²) in [5.74, 6) is -0.0168. The zero-order valence-corrected chi connectivity index (χ0v) is 9.19. The van der Waals surface area contributed by atoms with Gasteiger partial charge in [0.15, 0.2) is 0 Å². The van der Waals surface area contributed by atoms with E-state index in [4.69, 9.17) is 4.74 Å². The van der Waals surface area contributed by atoms with Gasteiger partial charge in [-0.3, -0.25) is 9.59 Å². The minimum Gasteiger partial charge on any atom is -0.370 e. The van der Waals surface area contributed by atoms with Crippen molar-refractivity contribution < 1.29 is 14.3 Å². The van der Waals surface area contributed by atoms with Crippen LogP contribution in [0, 0.1) is 0 Å². The summed E-state index contributed by atoms with van der Waals surface area (Å²) in [5.41, 5.74) is 0. The molecular formula is C8H10INO3. The number of hydrogen-bond acceptors (Lipinski definition) is 3. The van der Waals surface area contributed by atoms with Gasteiger partial charge in [-0.1, -0.05) is 6.08 Å². The SMILES string of the molecule is O=C(I)/C=C/CN1CCOCC1=O. The monoisotopic (exact) mass is 295 g/mol. The van der Waals surface area contributed by atoms with Crippen molar-refractivity contribution in [2.24, 2.45) is 0 Å². The summed E-state index contributed by atoms with van der Waals surface area (Å²) >= 11 is 1.69. The quantitative estimate of drug-likeness (QED) is 0.429. The maximum absolute atomic E-state index is 11.2. The molecule has 4 nitrogen and oxygen atoms in total. The van der Waals surface area contributed by atoms with Crippen molar-refractivity contribution >= 4 is 32.3 Å². The number of allylic oxidation sites excluding steroid dienone is 1. The van der Waals surface area contributed by atoms with Gasteiger partial charge >= 0.3 is 0 Å². The Kier molecular flexibility index (Phi) is 4.37. The number of halogens is 1. The third-order valence-corrected chi connectivity index (χ3v) is 2.02. The summed E-state index contributed by atoms with van der Waals surface area (Å²) in [6.45, 7) is 1.85. The predicted octanol–water partition coefficient (Wildman–Crippen LogP) is 0.363. The molecule has 13 heavy (non-hydrogen) atoms. The molecule has 0 bridgehead atoms. The molecule has 1 saturated heterocycles. The minimum absolute atomic E-state index is 0.0168. The molecule has 5 heteroatoms. The van der Waals surface area contributed by atoms with Crippen LogP contribution in [0.5, 0.6) is 0 Å². The van der Waals surface area contributed by atoms with E-state index in [9.17, 15) is 9.59 Å². The van der Waals surface area contributed by atoms with Crippen LogP contribution in [0.3, 0.4) is 0 Å². The number of amides is 1. The first-order chi connectivity index (χ1) is 6.20. The zero-order chi connectivity index (χ0) is 9.68. The van der Waals surface area contributed by atoms with E-state index in [0.717, 1.165) is 0 Å². The molecule has 0 unspecified atom stereocenters. The lowest BCUT2D eigenvalue weighted by molar-refractivity contribution is -0.141. The van der Waals surface area contributed by atoms with Crippen molar-refractivity contribution in [3.63, 3.8) is 0 Å². The van der Waals surface area contributed by atoms with Crippen molar-refractivity contribution in [3.8, 4) is 0 Å². The number of hydrogen-bond donors (Lipinski definition) is 0. The van der Waals surface area contributed by atoms with Crippen LogP contribution in [-0.2, 0) is 14.3 Å². The summed E-state index contributed by atoms with van der Waals surface area (Å²) in [5, 5.41) is 0. The Labute approximate surface area is 90.1 Å². The van der Waals surface area contributed by atoms with Gasteiger partial charge in [-0.25, -0.2) is 0 Å². The van der Waals surface area contributed by atoms with Gasteiger partial charge < -0.3 is 9.64 Å².